The second-order valence-corrected chi connectivity index (χ2v) is 4.72. The van der Waals surface area contributed by atoms with Crippen LogP contribution in [0.25, 0.3) is 0 Å². The maximum Gasteiger partial charge on any atom is 0.178 e. The first kappa shape index (κ1) is 11.8. The van der Waals surface area contributed by atoms with Crippen LogP contribution in [0.2, 0.25) is 0 Å². The molecule has 0 aliphatic heterocycles. The van der Waals surface area contributed by atoms with Crippen LogP contribution in [0.5, 0.6) is 0 Å². The second kappa shape index (κ2) is 4.12. The summed E-state index contributed by atoms with van der Waals surface area (Å²) in [5.41, 5.74) is 1.91. The van der Waals surface area contributed by atoms with Gasteiger partial charge in [-0.25, -0.2) is 4.39 Å². The summed E-state index contributed by atoms with van der Waals surface area (Å²) < 4.78 is 13.3. The van der Waals surface area contributed by atoms with Crippen LogP contribution in [0.15, 0.2) is 42.5 Å². The summed E-state index contributed by atoms with van der Waals surface area (Å²) >= 11 is 0. The van der Waals surface area contributed by atoms with Gasteiger partial charge in [0.15, 0.2) is 11.6 Å². The van der Waals surface area contributed by atoms with E-state index in [1.54, 1.807) is 37.3 Å². The van der Waals surface area contributed by atoms with Crippen LogP contribution in [-0.2, 0) is 0 Å². The molecular weight excluding hydrogens is 243 g/mol. The normalized spacial score (nSPS) is 14.8. The fourth-order valence-corrected chi connectivity index (χ4v) is 2.49. The molecule has 1 aliphatic carbocycles. The van der Waals surface area contributed by atoms with Gasteiger partial charge in [-0.05, 0) is 24.1 Å². The van der Waals surface area contributed by atoms with Gasteiger partial charge >= 0.3 is 0 Å². The number of hydrogen-bond acceptors (Lipinski definition) is 2. The van der Waals surface area contributed by atoms with E-state index < -0.39 is 5.92 Å². The van der Waals surface area contributed by atoms with Crippen LogP contribution >= 0.6 is 0 Å². The van der Waals surface area contributed by atoms with Gasteiger partial charge in [-0.1, -0.05) is 36.4 Å². The van der Waals surface area contributed by atoms with E-state index in [0.717, 1.165) is 0 Å². The van der Waals surface area contributed by atoms with Gasteiger partial charge in [0.1, 0.15) is 11.7 Å². The lowest BCUT2D eigenvalue weighted by molar-refractivity contribution is 0.0890. The van der Waals surface area contributed by atoms with Crippen molar-refractivity contribution in [1.82, 2.24) is 0 Å². The standard InChI is InChI=1S/C16H11FO2/c1-9-8-10(6-7-13(9)17)14-15(18)11-4-2-3-5-12(11)16(14)19/h2-8,14H,1H3. The minimum absolute atomic E-state index is 0.202. The molecule has 0 saturated carbocycles. The van der Waals surface area contributed by atoms with Crippen molar-refractivity contribution in [3.8, 4) is 0 Å². The molecule has 3 rings (SSSR count). The Morgan fingerprint density at radius 2 is 1.53 bits per heavy atom. The van der Waals surface area contributed by atoms with Gasteiger partial charge in [0.2, 0.25) is 0 Å². The highest BCUT2D eigenvalue weighted by molar-refractivity contribution is 6.29. The molecule has 0 radical (unpaired) electrons. The molecule has 0 spiro atoms. The van der Waals surface area contributed by atoms with E-state index >= 15 is 0 Å². The zero-order valence-corrected chi connectivity index (χ0v) is 10.3. The molecule has 0 fully saturated rings. The second-order valence-electron chi connectivity index (χ2n) is 4.72. The van der Waals surface area contributed by atoms with E-state index in [1.165, 1.54) is 12.1 Å². The van der Waals surface area contributed by atoms with Crippen LogP contribution < -0.4 is 0 Å². The highest BCUT2D eigenvalue weighted by Gasteiger charge is 2.39. The molecule has 0 saturated heterocycles. The van der Waals surface area contributed by atoms with Gasteiger partial charge in [0, 0.05) is 11.1 Å². The third-order valence-corrected chi connectivity index (χ3v) is 3.50. The number of rotatable bonds is 1. The summed E-state index contributed by atoms with van der Waals surface area (Å²) in [6.45, 7) is 1.62. The average molecular weight is 254 g/mol. The largest absolute Gasteiger partial charge is 0.293 e. The smallest absolute Gasteiger partial charge is 0.178 e. The molecule has 0 unspecified atom stereocenters. The zero-order valence-electron chi connectivity index (χ0n) is 10.3. The highest BCUT2D eigenvalue weighted by Crippen LogP contribution is 2.34. The lowest BCUT2D eigenvalue weighted by Crippen LogP contribution is -2.13. The van der Waals surface area contributed by atoms with Crippen LogP contribution in [0.3, 0.4) is 0 Å². The third kappa shape index (κ3) is 1.70. The Bertz CT molecular complexity index is 669. The Balaban J connectivity index is 2.11. The minimum atomic E-state index is -0.823. The molecule has 2 nitrogen and oxygen atoms in total. The van der Waals surface area contributed by atoms with Crippen molar-refractivity contribution >= 4 is 11.6 Å². The summed E-state index contributed by atoms with van der Waals surface area (Å²) in [6.07, 6.45) is 0. The Morgan fingerprint density at radius 1 is 0.947 bits per heavy atom. The molecule has 0 atom stereocenters. The lowest BCUT2D eigenvalue weighted by Gasteiger charge is -2.08. The fourth-order valence-electron chi connectivity index (χ4n) is 2.49. The molecule has 94 valence electrons. The third-order valence-electron chi connectivity index (χ3n) is 3.50. The van der Waals surface area contributed by atoms with E-state index in [1.807, 2.05) is 0 Å². The quantitative estimate of drug-likeness (QED) is 0.732. The first-order chi connectivity index (χ1) is 9.09. The summed E-state index contributed by atoms with van der Waals surface area (Å²) in [5.74, 6) is -1.56. The summed E-state index contributed by atoms with van der Waals surface area (Å²) in [7, 11) is 0. The number of carbonyl (C=O) groups excluding carboxylic acids is 2. The first-order valence-corrected chi connectivity index (χ1v) is 6.03. The Hall–Kier alpha value is -2.29. The number of ketones is 2. The molecule has 3 heteroatoms. The molecule has 0 amide bonds. The van der Waals surface area contributed by atoms with Crippen molar-refractivity contribution in [2.75, 3.05) is 0 Å². The van der Waals surface area contributed by atoms with Crippen molar-refractivity contribution in [2.45, 2.75) is 12.8 Å². The molecule has 19 heavy (non-hydrogen) atoms. The average Bonchev–Trinajstić information content (AvgIpc) is 2.66. The van der Waals surface area contributed by atoms with Crippen LogP contribution in [0.4, 0.5) is 4.39 Å². The Morgan fingerprint density at radius 3 is 2.05 bits per heavy atom. The molecule has 0 heterocycles. The van der Waals surface area contributed by atoms with Gasteiger partial charge < -0.3 is 0 Å². The maximum atomic E-state index is 13.3. The number of carbonyl (C=O) groups is 2. The summed E-state index contributed by atoms with van der Waals surface area (Å²) in [6, 6.07) is 11.2. The van der Waals surface area contributed by atoms with Crippen LogP contribution in [0.1, 0.15) is 37.8 Å². The van der Waals surface area contributed by atoms with Crippen molar-refractivity contribution < 1.29 is 14.0 Å². The topological polar surface area (TPSA) is 34.1 Å². The molecule has 0 aromatic heterocycles. The van der Waals surface area contributed by atoms with E-state index in [-0.39, 0.29) is 17.4 Å². The number of Topliss-reactive ketones (excluding diaryl/α,β-unsaturated/α-hetero) is 2. The van der Waals surface area contributed by atoms with Gasteiger partial charge in [0.05, 0.1) is 0 Å². The molecule has 0 bridgehead atoms. The van der Waals surface area contributed by atoms with Gasteiger partial charge in [-0.15, -0.1) is 0 Å². The van der Waals surface area contributed by atoms with E-state index in [4.69, 9.17) is 0 Å². The van der Waals surface area contributed by atoms with Gasteiger partial charge in [-0.3, -0.25) is 9.59 Å². The Kier molecular flexibility index (Phi) is 2.56. The summed E-state index contributed by atoms with van der Waals surface area (Å²) in [4.78, 5) is 24.6. The molecule has 2 aromatic rings. The predicted molar refractivity (Wildman–Crippen MR) is 69.0 cm³/mol. The number of halogens is 1. The monoisotopic (exact) mass is 254 g/mol. The number of aryl methyl sites for hydroxylation is 1. The van der Waals surface area contributed by atoms with Crippen molar-refractivity contribution in [3.05, 3.63) is 70.5 Å². The molecule has 1 aliphatic rings. The minimum Gasteiger partial charge on any atom is -0.293 e. The van der Waals surface area contributed by atoms with Crippen molar-refractivity contribution in [3.63, 3.8) is 0 Å². The van der Waals surface area contributed by atoms with Crippen LogP contribution in [0, 0.1) is 12.7 Å². The fraction of sp³-hybridized carbons (Fsp3) is 0.125. The lowest BCUT2D eigenvalue weighted by atomic mass is 9.93. The van der Waals surface area contributed by atoms with Crippen molar-refractivity contribution in [1.29, 1.82) is 0 Å². The maximum absolute atomic E-state index is 13.3. The van der Waals surface area contributed by atoms with Gasteiger partial charge in [-0.2, -0.15) is 0 Å². The first-order valence-electron chi connectivity index (χ1n) is 6.03. The Labute approximate surface area is 109 Å². The number of benzene rings is 2. The SMILES string of the molecule is Cc1cc(C2C(=O)c3ccccc3C2=O)ccc1F. The number of hydrogen-bond donors (Lipinski definition) is 0. The van der Waals surface area contributed by atoms with E-state index in [0.29, 0.717) is 22.3 Å². The summed E-state index contributed by atoms with van der Waals surface area (Å²) in [5, 5.41) is 0. The predicted octanol–water partition coefficient (Wildman–Crippen LogP) is 3.30. The van der Waals surface area contributed by atoms with E-state index in [9.17, 15) is 14.0 Å². The highest BCUT2D eigenvalue weighted by atomic mass is 19.1. The van der Waals surface area contributed by atoms with E-state index in [2.05, 4.69) is 0 Å². The van der Waals surface area contributed by atoms with Crippen molar-refractivity contribution in [2.24, 2.45) is 0 Å². The number of fused-ring (bicyclic) bond motifs is 1. The zero-order chi connectivity index (χ0) is 13.6. The molecule has 2 aromatic carbocycles. The van der Waals surface area contributed by atoms with Crippen LogP contribution in [-0.4, -0.2) is 11.6 Å². The molecular formula is C16H11FO2. The molecule has 0 N–H and O–H groups in total. The van der Waals surface area contributed by atoms with Gasteiger partial charge in [0.25, 0.3) is 0 Å².